The zero-order valence-corrected chi connectivity index (χ0v) is 19.9. The average molecular weight is 531 g/mol. The lowest BCUT2D eigenvalue weighted by atomic mass is 9.97. The monoisotopic (exact) mass is 531 g/mol. The average Bonchev–Trinajstić information content (AvgIpc) is 3.50. The van der Waals surface area contributed by atoms with Crippen molar-refractivity contribution in [3.8, 4) is 11.5 Å². The molecule has 3 aromatic rings. The fraction of sp³-hybridized carbons (Fsp3) is 0.269. The Morgan fingerprint density at radius 1 is 1.11 bits per heavy atom. The molecule has 2 aromatic carbocycles. The molecule has 3 heterocycles. The quantitative estimate of drug-likeness (QED) is 0.353. The number of aromatic nitrogens is 1. The topological polar surface area (TPSA) is 90.0 Å². The maximum atomic E-state index is 13.8. The lowest BCUT2D eigenvalue weighted by molar-refractivity contribution is -0.171. The van der Waals surface area contributed by atoms with Crippen LogP contribution in [0.1, 0.15) is 29.5 Å². The summed E-state index contributed by atoms with van der Waals surface area (Å²) in [6.45, 7) is -0.0848. The molecule has 0 saturated heterocycles. The fourth-order valence-electron chi connectivity index (χ4n) is 4.57. The third-order valence-corrected chi connectivity index (χ3v) is 6.35. The van der Waals surface area contributed by atoms with Crippen molar-refractivity contribution in [1.82, 2.24) is 4.98 Å². The third-order valence-electron chi connectivity index (χ3n) is 6.35. The SMILES string of the molecule is COC(=O)C[C@@H]1COc2cc(N(C(=O)C(F)(F)F)[C@@H]3COc4c(Nc5ccc(F)cn5)cccc43)ccc21. The maximum absolute atomic E-state index is 13.8. The Bertz CT molecular complexity index is 1380. The number of halogens is 4. The molecule has 2 aliphatic heterocycles. The van der Waals surface area contributed by atoms with Gasteiger partial charge in [-0.15, -0.1) is 0 Å². The second kappa shape index (κ2) is 9.84. The second-order valence-corrected chi connectivity index (χ2v) is 8.72. The Kier molecular flexibility index (Phi) is 6.55. The molecule has 0 bridgehead atoms. The third kappa shape index (κ3) is 4.81. The van der Waals surface area contributed by atoms with E-state index in [0.717, 1.165) is 6.20 Å². The van der Waals surface area contributed by atoms with Gasteiger partial charge in [0, 0.05) is 28.8 Å². The van der Waals surface area contributed by atoms with E-state index in [1.54, 1.807) is 24.3 Å². The Morgan fingerprint density at radius 3 is 2.63 bits per heavy atom. The number of rotatable bonds is 6. The van der Waals surface area contributed by atoms with Gasteiger partial charge < -0.3 is 19.5 Å². The van der Waals surface area contributed by atoms with Crippen LogP contribution in [0.2, 0.25) is 0 Å². The number of pyridine rings is 1. The summed E-state index contributed by atoms with van der Waals surface area (Å²) in [5.41, 5.74) is 1.34. The summed E-state index contributed by atoms with van der Waals surface area (Å²) in [4.78, 5) is 29.0. The van der Waals surface area contributed by atoms with Gasteiger partial charge in [-0.2, -0.15) is 13.2 Å². The van der Waals surface area contributed by atoms with Gasteiger partial charge >= 0.3 is 18.1 Å². The number of hydrogen-bond donors (Lipinski definition) is 1. The van der Waals surface area contributed by atoms with Crippen LogP contribution >= 0.6 is 0 Å². The number of nitrogens with one attached hydrogen (secondary N) is 1. The number of ether oxygens (including phenoxy) is 3. The molecule has 12 heteroatoms. The molecule has 0 aliphatic carbocycles. The first-order chi connectivity index (χ1) is 18.2. The van der Waals surface area contributed by atoms with E-state index >= 15 is 0 Å². The zero-order chi connectivity index (χ0) is 27.0. The molecule has 1 amide bonds. The number of fused-ring (bicyclic) bond motifs is 2. The van der Waals surface area contributed by atoms with Crippen molar-refractivity contribution in [3.05, 3.63) is 71.7 Å². The minimum absolute atomic E-state index is 0.0372. The van der Waals surface area contributed by atoms with Crippen LogP contribution < -0.4 is 19.7 Å². The van der Waals surface area contributed by atoms with E-state index in [1.165, 1.54) is 31.4 Å². The van der Waals surface area contributed by atoms with Crippen molar-refractivity contribution >= 4 is 29.1 Å². The van der Waals surface area contributed by atoms with Crippen LogP contribution in [-0.4, -0.2) is 43.4 Å². The summed E-state index contributed by atoms with van der Waals surface area (Å²) in [5.74, 6) is -2.52. The first-order valence-electron chi connectivity index (χ1n) is 11.5. The molecular weight excluding hydrogens is 510 g/mol. The van der Waals surface area contributed by atoms with Crippen LogP contribution in [0.4, 0.5) is 34.8 Å². The summed E-state index contributed by atoms with van der Waals surface area (Å²) < 4.78 is 70.6. The minimum atomic E-state index is -5.16. The molecule has 198 valence electrons. The number of anilines is 3. The van der Waals surface area contributed by atoms with Gasteiger partial charge in [0.25, 0.3) is 0 Å². The molecule has 2 atom stereocenters. The highest BCUT2D eigenvalue weighted by Crippen LogP contribution is 2.46. The number of methoxy groups -OCH3 is 1. The molecule has 1 N–H and O–H groups in total. The van der Waals surface area contributed by atoms with Gasteiger partial charge in [0.2, 0.25) is 0 Å². The highest BCUT2D eigenvalue weighted by molar-refractivity contribution is 5.98. The van der Waals surface area contributed by atoms with Crippen LogP contribution in [0.3, 0.4) is 0 Å². The number of carbonyl (C=O) groups excluding carboxylic acids is 2. The smallest absolute Gasteiger partial charge is 0.471 e. The molecule has 8 nitrogen and oxygen atoms in total. The van der Waals surface area contributed by atoms with Crippen molar-refractivity contribution < 1.29 is 41.4 Å². The van der Waals surface area contributed by atoms with Crippen LogP contribution in [-0.2, 0) is 14.3 Å². The van der Waals surface area contributed by atoms with Crippen LogP contribution in [0.5, 0.6) is 11.5 Å². The van der Waals surface area contributed by atoms with Gasteiger partial charge in [-0.3, -0.25) is 14.5 Å². The molecule has 0 unspecified atom stereocenters. The number of alkyl halides is 3. The van der Waals surface area contributed by atoms with E-state index in [1.807, 2.05) is 0 Å². The van der Waals surface area contributed by atoms with E-state index in [4.69, 9.17) is 14.2 Å². The van der Waals surface area contributed by atoms with E-state index in [-0.39, 0.29) is 42.7 Å². The molecule has 0 radical (unpaired) electrons. The first-order valence-corrected chi connectivity index (χ1v) is 11.5. The van der Waals surface area contributed by atoms with Crippen molar-refractivity contribution in [1.29, 1.82) is 0 Å². The number of amides is 1. The molecule has 1 aromatic heterocycles. The summed E-state index contributed by atoms with van der Waals surface area (Å²) in [5, 5.41) is 2.96. The summed E-state index contributed by atoms with van der Waals surface area (Å²) in [7, 11) is 1.27. The van der Waals surface area contributed by atoms with Gasteiger partial charge in [-0.1, -0.05) is 18.2 Å². The lowest BCUT2D eigenvalue weighted by Crippen LogP contribution is -2.44. The maximum Gasteiger partial charge on any atom is 0.471 e. The van der Waals surface area contributed by atoms with Crippen molar-refractivity contribution in [2.75, 3.05) is 30.5 Å². The molecule has 38 heavy (non-hydrogen) atoms. The predicted octanol–water partition coefficient (Wildman–Crippen LogP) is 5.03. The Hall–Kier alpha value is -4.35. The fourth-order valence-corrected chi connectivity index (χ4v) is 4.57. The van der Waals surface area contributed by atoms with E-state index in [9.17, 15) is 27.2 Å². The summed E-state index contributed by atoms with van der Waals surface area (Å²) >= 11 is 0. The number of esters is 1. The zero-order valence-electron chi connectivity index (χ0n) is 19.9. The standard InChI is InChI=1S/C26H21F4N3O5/c1-36-23(34)9-14-12-37-21-10-16(6-7-17(14)21)33(25(35)26(28,29)30)20-13-38-24-18(20)3-2-4-19(24)32-22-8-5-15(27)11-31-22/h2-8,10-11,14,20H,9,12-13H2,1H3,(H,31,32)/t14-,20-/m1/s1. The molecule has 0 saturated carbocycles. The van der Waals surface area contributed by atoms with Gasteiger partial charge in [-0.05, 0) is 24.3 Å². The molecule has 2 aliphatic rings. The summed E-state index contributed by atoms with van der Waals surface area (Å²) in [6.07, 6.45) is -4.09. The lowest BCUT2D eigenvalue weighted by Gasteiger charge is -2.29. The van der Waals surface area contributed by atoms with E-state index < -0.39 is 29.9 Å². The largest absolute Gasteiger partial charge is 0.493 e. The van der Waals surface area contributed by atoms with Crippen LogP contribution in [0, 0.1) is 5.82 Å². The van der Waals surface area contributed by atoms with Gasteiger partial charge in [-0.25, -0.2) is 9.37 Å². The number of nitrogens with zero attached hydrogens (tertiary/aromatic N) is 2. The van der Waals surface area contributed by atoms with E-state index in [2.05, 4.69) is 10.3 Å². The molecular formula is C26H21F4N3O5. The summed E-state index contributed by atoms with van der Waals surface area (Å²) in [6, 6.07) is 10.6. The number of carbonyl (C=O) groups is 2. The highest BCUT2D eigenvalue weighted by Gasteiger charge is 2.48. The Labute approximate surface area is 214 Å². The van der Waals surface area contributed by atoms with Crippen molar-refractivity contribution in [2.24, 2.45) is 0 Å². The number of para-hydroxylation sites is 1. The number of benzene rings is 2. The van der Waals surface area contributed by atoms with Crippen molar-refractivity contribution in [2.45, 2.75) is 24.6 Å². The first kappa shape index (κ1) is 25.3. The number of hydrogen-bond acceptors (Lipinski definition) is 7. The molecule has 0 fully saturated rings. The van der Waals surface area contributed by atoms with E-state index in [0.29, 0.717) is 27.5 Å². The minimum Gasteiger partial charge on any atom is -0.493 e. The molecule has 0 spiro atoms. The molecule has 5 rings (SSSR count). The van der Waals surface area contributed by atoms with Crippen LogP contribution in [0.15, 0.2) is 54.7 Å². The van der Waals surface area contributed by atoms with Crippen LogP contribution in [0.25, 0.3) is 0 Å². The van der Waals surface area contributed by atoms with Crippen molar-refractivity contribution in [3.63, 3.8) is 0 Å². The predicted molar refractivity (Wildman–Crippen MR) is 127 cm³/mol. The van der Waals surface area contributed by atoms with Gasteiger partial charge in [0.15, 0.2) is 0 Å². The second-order valence-electron chi connectivity index (χ2n) is 8.72. The van der Waals surface area contributed by atoms with Gasteiger partial charge in [0.05, 0.1) is 38.1 Å². The Balaban J connectivity index is 1.49. The highest BCUT2D eigenvalue weighted by atomic mass is 19.4. The van der Waals surface area contributed by atoms with Gasteiger partial charge in [0.1, 0.15) is 29.7 Å². The normalized spacial score (nSPS) is 17.6. The Morgan fingerprint density at radius 2 is 1.92 bits per heavy atom.